The van der Waals surface area contributed by atoms with Gasteiger partial charge in [0, 0.05) is 25.4 Å². The monoisotopic (exact) mass is 355 g/mol. The Hall–Kier alpha value is -2.26. The minimum atomic E-state index is -0.243. The van der Waals surface area contributed by atoms with Crippen LogP contribution < -0.4 is 5.32 Å². The van der Waals surface area contributed by atoms with Crippen molar-refractivity contribution in [3.63, 3.8) is 0 Å². The zero-order valence-electron chi connectivity index (χ0n) is 14.0. The van der Waals surface area contributed by atoms with Crippen molar-refractivity contribution in [3.8, 4) is 6.07 Å². The highest BCUT2D eigenvalue weighted by Crippen LogP contribution is 2.35. The number of carbonyl (C=O) groups excluding carboxylic acids is 2. The summed E-state index contributed by atoms with van der Waals surface area (Å²) >= 11 is 1.27. The molecule has 0 saturated carbocycles. The number of piperidine rings is 1. The Morgan fingerprint density at radius 1 is 1.24 bits per heavy atom. The van der Waals surface area contributed by atoms with Gasteiger partial charge in [0.1, 0.15) is 0 Å². The second-order valence-corrected chi connectivity index (χ2v) is 7.29. The van der Waals surface area contributed by atoms with Gasteiger partial charge >= 0.3 is 0 Å². The number of rotatable bonds is 4. The molecular formula is C19H21N3O2S. The normalized spacial score (nSPS) is 20.8. The number of carbonyl (C=O) groups is 2. The molecule has 1 atom stereocenters. The maximum absolute atomic E-state index is 12.4. The minimum Gasteiger partial charge on any atom is -0.342 e. The van der Waals surface area contributed by atoms with Gasteiger partial charge in [0.25, 0.3) is 0 Å². The average molecular weight is 355 g/mol. The first-order valence-corrected chi connectivity index (χ1v) is 9.57. The molecule has 25 heavy (non-hydrogen) atoms. The van der Waals surface area contributed by atoms with Crippen LogP contribution in [0.2, 0.25) is 0 Å². The van der Waals surface area contributed by atoms with Gasteiger partial charge in [-0.15, -0.1) is 0 Å². The number of nitriles is 1. The highest BCUT2D eigenvalue weighted by atomic mass is 32.2. The summed E-state index contributed by atoms with van der Waals surface area (Å²) in [6.45, 7) is 1.62. The first kappa shape index (κ1) is 17.6. The van der Waals surface area contributed by atoms with Gasteiger partial charge in [-0.05, 0) is 24.8 Å². The maximum atomic E-state index is 12.4. The number of likely N-dealkylation sites (tertiary alicyclic amines) is 1. The molecule has 2 amide bonds. The number of thioether (sulfide) groups is 1. The number of nitrogens with one attached hydrogen (secondary N) is 1. The average Bonchev–Trinajstić information content (AvgIpc) is 2.67. The lowest BCUT2D eigenvalue weighted by Crippen LogP contribution is -2.37. The first-order valence-electron chi connectivity index (χ1n) is 8.58. The Bertz CT molecular complexity index is 718. The van der Waals surface area contributed by atoms with Crippen LogP contribution in [0.4, 0.5) is 0 Å². The molecule has 0 bridgehead atoms. The van der Waals surface area contributed by atoms with Crippen molar-refractivity contribution in [2.24, 2.45) is 0 Å². The fraction of sp³-hybridized carbons (Fsp3) is 0.421. The molecule has 1 fully saturated rings. The SMILES string of the molecule is N#CC1=C(SCC(=O)N2CCCCC2)NC(=O)C[C@H]1c1ccccc1. The zero-order chi connectivity index (χ0) is 17.6. The first-order chi connectivity index (χ1) is 12.2. The lowest BCUT2D eigenvalue weighted by molar-refractivity contribution is -0.129. The maximum Gasteiger partial charge on any atom is 0.232 e. The molecule has 1 aromatic carbocycles. The molecule has 2 heterocycles. The second-order valence-electron chi connectivity index (χ2n) is 6.30. The lowest BCUT2D eigenvalue weighted by Gasteiger charge is -2.28. The van der Waals surface area contributed by atoms with Gasteiger partial charge < -0.3 is 10.2 Å². The van der Waals surface area contributed by atoms with Crippen LogP contribution in [0.25, 0.3) is 0 Å². The highest BCUT2D eigenvalue weighted by Gasteiger charge is 2.30. The van der Waals surface area contributed by atoms with E-state index < -0.39 is 0 Å². The van der Waals surface area contributed by atoms with Crippen molar-refractivity contribution >= 4 is 23.6 Å². The quantitative estimate of drug-likeness (QED) is 0.901. The van der Waals surface area contributed by atoms with E-state index in [1.54, 1.807) is 0 Å². The van der Waals surface area contributed by atoms with Crippen molar-refractivity contribution in [1.82, 2.24) is 10.2 Å². The van der Waals surface area contributed by atoms with Gasteiger partial charge in [0.2, 0.25) is 11.8 Å². The van der Waals surface area contributed by atoms with Crippen LogP contribution in [-0.4, -0.2) is 35.6 Å². The molecular weight excluding hydrogens is 334 g/mol. The molecule has 1 aromatic rings. The molecule has 1 N–H and O–H groups in total. The molecule has 0 aliphatic carbocycles. The van der Waals surface area contributed by atoms with Crippen LogP contribution in [0.1, 0.15) is 37.2 Å². The predicted octanol–water partition coefficient (Wildman–Crippen LogP) is 2.77. The van der Waals surface area contributed by atoms with Crippen molar-refractivity contribution < 1.29 is 9.59 Å². The summed E-state index contributed by atoms with van der Waals surface area (Å²) in [6.07, 6.45) is 3.54. The zero-order valence-corrected chi connectivity index (χ0v) is 14.8. The number of hydrogen-bond donors (Lipinski definition) is 1. The number of allylic oxidation sites excluding steroid dienone is 1. The van der Waals surface area contributed by atoms with E-state index in [1.165, 1.54) is 18.2 Å². The molecule has 2 aliphatic rings. The minimum absolute atomic E-state index is 0.0746. The number of hydrogen-bond acceptors (Lipinski definition) is 4. The fourth-order valence-electron chi connectivity index (χ4n) is 3.27. The fourth-order valence-corrected chi connectivity index (χ4v) is 4.25. The van der Waals surface area contributed by atoms with Gasteiger partial charge in [0.15, 0.2) is 0 Å². The van der Waals surface area contributed by atoms with Crippen LogP contribution >= 0.6 is 11.8 Å². The summed E-state index contributed by atoms with van der Waals surface area (Å²) in [7, 11) is 0. The Labute approximate surface area is 152 Å². The van der Waals surface area contributed by atoms with E-state index in [9.17, 15) is 14.9 Å². The second kappa shape index (κ2) is 8.21. The van der Waals surface area contributed by atoms with Gasteiger partial charge in [-0.1, -0.05) is 42.1 Å². The molecule has 0 radical (unpaired) electrons. The van der Waals surface area contributed by atoms with E-state index >= 15 is 0 Å². The van der Waals surface area contributed by atoms with Crippen LogP contribution in [-0.2, 0) is 9.59 Å². The van der Waals surface area contributed by atoms with E-state index in [0.29, 0.717) is 10.6 Å². The Morgan fingerprint density at radius 2 is 1.96 bits per heavy atom. The molecule has 0 spiro atoms. The van der Waals surface area contributed by atoms with Crippen LogP contribution in [0.15, 0.2) is 40.9 Å². The number of nitrogens with zero attached hydrogens (tertiary/aromatic N) is 2. The molecule has 0 unspecified atom stereocenters. The summed E-state index contributed by atoms with van der Waals surface area (Å²) in [5.41, 5.74) is 1.50. The van der Waals surface area contributed by atoms with E-state index in [-0.39, 0.29) is 29.9 Å². The Balaban J connectivity index is 1.75. The Morgan fingerprint density at radius 3 is 2.64 bits per heavy atom. The smallest absolute Gasteiger partial charge is 0.232 e. The van der Waals surface area contributed by atoms with Crippen molar-refractivity contribution in [1.29, 1.82) is 5.26 Å². The van der Waals surface area contributed by atoms with Gasteiger partial charge in [-0.25, -0.2) is 0 Å². The summed E-state index contributed by atoms with van der Waals surface area (Å²) in [5.74, 6) is -0.0265. The van der Waals surface area contributed by atoms with Crippen molar-refractivity contribution in [2.75, 3.05) is 18.8 Å². The summed E-state index contributed by atoms with van der Waals surface area (Å²) in [4.78, 5) is 26.3. The predicted molar refractivity (Wildman–Crippen MR) is 97.5 cm³/mol. The van der Waals surface area contributed by atoms with Crippen LogP contribution in [0, 0.1) is 11.3 Å². The van der Waals surface area contributed by atoms with E-state index in [2.05, 4.69) is 11.4 Å². The van der Waals surface area contributed by atoms with Gasteiger partial charge in [0.05, 0.1) is 22.4 Å². The highest BCUT2D eigenvalue weighted by molar-refractivity contribution is 8.03. The standard InChI is InChI=1S/C19H21N3O2S/c20-12-16-15(14-7-3-1-4-8-14)11-17(23)21-19(16)25-13-18(24)22-9-5-2-6-10-22/h1,3-4,7-8,15H,2,5-6,9-11,13H2,(H,21,23)/t15-/m0/s1. The van der Waals surface area contributed by atoms with Gasteiger partial charge in [-0.2, -0.15) is 5.26 Å². The summed E-state index contributed by atoms with van der Waals surface area (Å²) in [6, 6.07) is 11.8. The van der Waals surface area contributed by atoms with Crippen LogP contribution in [0.5, 0.6) is 0 Å². The number of benzene rings is 1. The largest absolute Gasteiger partial charge is 0.342 e. The Kier molecular flexibility index (Phi) is 5.77. The molecule has 5 nitrogen and oxygen atoms in total. The third-order valence-corrected chi connectivity index (χ3v) is 5.61. The molecule has 0 aromatic heterocycles. The van der Waals surface area contributed by atoms with E-state index in [0.717, 1.165) is 31.5 Å². The summed E-state index contributed by atoms with van der Waals surface area (Å²) < 4.78 is 0. The van der Waals surface area contributed by atoms with E-state index in [1.807, 2.05) is 35.2 Å². The van der Waals surface area contributed by atoms with Crippen molar-refractivity contribution in [2.45, 2.75) is 31.6 Å². The molecule has 6 heteroatoms. The van der Waals surface area contributed by atoms with E-state index in [4.69, 9.17) is 0 Å². The van der Waals surface area contributed by atoms with Gasteiger partial charge in [-0.3, -0.25) is 9.59 Å². The third kappa shape index (κ3) is 4.23. The third-order valence-electron chi connectivity index (χ3n) is 4.61. The van der Waals surface area contributed by atoms with Crippen LogP contribution in [0.3, 0.4) is 0 Å². The molecule has 1 saturated heterocycles. The summed E-state index contributed by atoms with van der Waals surface area (Å²) in [5, 5.41) is 12.9. The number of amides is 2. The van der Waals surface area contributed by atoms with Crippen molar-refractivity contribution in [3.05, 3.63) is 46.5 Å². The molecule has 2 aliphatic heterocycles. The molecule has 3 rings (SSSR count). The topological polar surface area (TPSA) is 73.2 Å². The lowest BCUT2D eigenvalue weighted by atomic mass is 9.87. The molecule has 130 valence electrons.